The second-order valence-corrected chi connectivity index (χ2v) is 5.88. The molecule has 21 heavy (non-hydrogen) atoms. The third kappa shape index (κ3) is 5.38. The zero-order valence-electron chi connectivity index (χ0n) is 12.8. The average Bonchev–Trinajstić information content (AvgIpc) is 2.50. The van der Waals surface area contributed by atoms with Gasteiger partial charge in [0.25, 0.3) is 0 Å². The highest BCUT2D eigenvalue weighted by molar-refractivity contribution is 5.76. The van der Waals surface area contributed by atoms with Gasteiger partial charge in [0, 0.05) is 18.5 Å². The van der Waals surface area contributed by atoms with Crippen LogP contribution in [0.5, 0.6) is 5.75 Å². The third-order valence-electron chi connectivity index (χ3n) is 4.17. The van der Waals surface area contributed by atoms with Crippen LogP contribution in [0.25, 0.3) is 0 Å². The average molecular weight is 290 g/mol. The van der Waals surface area contributed by atoms with Crippen molar-refractivity contribution in [1.29, 1.82) is 0 Å². The predicted molar refractivity (Wildman–Crippen MR) is 84.3 cm³/mol. The van der Waals surface area contributed by atoms with Crippen LogP contribution in [0.3, 0.4) is 0 Å². The van der Waals surface area contributed by atoms with Gasteiger partial charge in [0.2, 0.25) is 5.91 Å². The van der Waals surface area contributed by atoms with Gasteiger partial charge >= 0.3 is 0 Å². The number of nitrogens with one attached hydrogen (secondary N) is 1. The number of amides is 1. The second-order valence-electron chi connectivity index (χ2n) is 5.88. The number of ether oxygens (including phenoxy) is 1. The Kier molecular flexibility index (Phi) is 6.05. The lowest BCUT2D eigenvalue weighted by molar-refractivity contribution is -0.122. The Morgan fingerprint density at radius 2 is 1.90 bits per heavy atom. The first-order chi connectivity index (χ1) is 10.2. The van der Waals surface area contributed by atoms with E-state index in [-0.39, 0.29) is 5.91 Å². The van der Waals surface area contributed by atoms with Crippen LogP contribution in [-0.2, 0) is 11.2 Å². The summed E-state index contributed by atoms with van der Waals surface area (Å²) in [5, 5.41) is 3.13. The first-order valence-electron chi connectivity index (χ1n) is 7.85. The fourth-order valence-corrected chi connectivity index (χ4v) is 2.81. The lowest BCUT2D eigenvalue weighted by Gasteiger charge is -2.26. The molecule has 1 amide bonds. The van der Waals surface area contributed by atoms with Crippen LogP contribution < -0.4 is 15.8 Å². The van der Waals surface area contributed by atoms with E-state index in [1.165, 1.54) is 5.56 Å². The number of aryl methyl sites for hydroxylation is 1. The van der Waals surface area contributed by atoms with Crippen LogP contribution >= 0.6 is 0 Å². The fraction of sp³-hybridized carbons (Fsp3) is 0.588. The zero-order valence-corrected chi connectivity index (χ0v) is 12.8. The molecule has 4 nitrogen and oxygen atoms in total. The van der Waals surface area contributed by atoms with Crippen molar-refractivity contribution in [2.24, 2.45) is 5.73 Å². The van der Waals surface area contributed by atoms with Gasteiger partial charge in [-0.1, -0.05) is 12.1 Å². The van der Waals surface area contributed by atoms with Gasteiger partial charge in [-0.3, -0.25) is 4.79 Å². The molecule has 116 valence electrons. The van der Waals surface area contributed by atoms with E-state index in [0.29, 0.717) is 18.5 Å². The van der Waals surface area contributed by atoms with E-state index in [9.17, 15) is 4.79 Å². The van der Waals surface area contributed by atoms with E-state index in [1.54, 1.807) is 7.11 Å². The van der Waals surface area contributed by atoms with E-state index in [2.05, 4.69) is 17.4 Å². The van der Waals surface area contributed by atoms with E-state index >= 15 is 0 Å². The topological polar surface area (TPSA) is 64.3 Å². The minimum absolute atomic E-state index is 0.170. The molecule has 1 aromatic carbocycles. The van der Waals surface area contributed by atoms with Crippen molar-refractivity contribution >= 4 is 5.91 Å². The maximum Gasteiger partial charge on any atom is 0.220 e. The van der Waals surface area contributed by atoms with Crippen molar-refractivity contribution in [3.8, 4) is 5.75 Å². The largest absolute Gasteiger partial charge is 0.497 e. The highest BCUT2D eigenvalue weighted by Gasteiger charge is 2.19. The van der Waals surface area contributed by atoms with E-state index in [0.717, 1.165) is 44.3 Å². The summed E-state index contributed by atoms with van der Waals surface area (Å²) in [5.41, 5.74) is 7.11. The first-order valence-corrected chi connectivity index (χ1v) is 7.85. The number of hydrogen-bond donors (Lipinski definition) is 2. The minimum Gasteiger partial charge on any atom is -0.497 e. The van der Waals surface area contributed by atoms with Crippen molar-refractivity contribution < 1.29 is 9.53 Å². The molecule has 0 bridgehead atoms. The number of methoxy groups -OCH3 is 1. The normalized spacial score (nSPS) is 21.8. The summed E-state index contributed by atoms with van der Waals surface area (Å²) in [5.74, 6) is 1.04. The quantitative estimate of drug-likeness (QED) is 0.845. The lowest BCUT2D eigenvalue weighted by Crippen LogP contribution is -2.40. The molecule has 0 saturated heterocycles. The number of carbonyl (C=O) groups excluding carboxylic acids is 1. The van der Waals surface area contributed by atoms with Crippen LogP contribution in [0.4, 0.5) is 0 Å². The molecule has 1 saturated carbocycles. The molecule has 1 aliphatic carbocycles. The Bertz CT molecular complexity index is 437. The molecule has 1 aliphatic rings. The Labute approximate surface area is 127 Å². The van der Waals surface area contributed by atoms with Crippen LogP contribution in [0.2, 0.25) is 0 Å². The summed E-state index contributed by atoms with van der Waals surface area (Å²) in [4.78, 5) is 11.9. The van der Waals surface area contributed by atoms with Crippen LogP contribution in [0.1, 0.15) is 44.1 Å². The summed E-state index contributed by atoms with van der Waals surface area (Å²) in [6.45, 7) is 0. The van der Waals surface area contributed by atoms with Gasteiger partial charge in [0.1, 0.15) is 5.75 Å². The molecule has 0 heterocycles. The van der Waals surface area contributed by atoms with Crippen molar-refractivity contribution in [2.75, 3.05) is 7.11 Å². The van der Waals surface area contributed by atoms with Gasteiger partial charge in [-0.2, -0.15) is 0 Å². The van der Waals surface area contributed by atoms with E-state index in [4.69, 9.17) is 10.5 Å². The smallest absolute Gasteiger partial charge is 0.220 e. The number of benzene rings is 1. The highest BCUT2D eigenvalue weighted by Crippen LogP contribution is 2.17. The van der Waals surface area contributed by atoms with Gasteiger partial charge in [-0.25, -0.2) is 0 Å². The molecule has 0 spiro atoms. The summed E-state index contributed by atoms with van der Waals surface area (Å²) >= 11 is 0. The minimum atomic E-state index is 0.170. The van der Waals surface area contributed by atoms with Crippen molar-refractivity contribution in [3.63, 3.8) is 0 Å². The molecule has 0 unspecified atom stereocenters. The summed E-state index contributed by atoms with van der Waals surface area (Å²) in [6.07, 6.45) is 6.48. The molecule has 0 aromatic heterocycles. The number of hydrogen-bond acceptors (Lipinski definition) is 3. The fourth-order valence-electron chi connectivity index (χ4n) is 2.81. The van der Waals surface area contributed by atoms with Crippen molar-refractivity contribution in [2.45, 2.75) is 57.0 Å². The monoisotopic (exact) mass is 290 g/mol. The molecule has 2 rings (SSSR count). The molecule has 1 fully saturated rings. The maximum atomic E-state index is 11.9. The predicted octanol–water partition coefficient (Wildman–Crippen LogP) is 2.40. The number of carbonyl (C=O) groups is 1. The summed E-state index contributed by atoms with van der Waals surface area (Å²) in [7, 11) is 1.66. The summed E-state index contributed by atoms with van der Waals surface area (Å²) in [6, 6.07) is 8.69. The van der Waals surface area contributed by atoms with Crippen LogP contribution in [0.15, 0.2) is 24.3 Å². The third-order valence-corrected chi connectivity index (χ3v) is 4.17. The van der Waals surface area contributed by atoms with Gasteiger partial charge in [0.15, 0.2) is 0 Å². The van der Waals surface area contributed by atoms with Gasteiger partial charge in [0.05, 0.1) is 7.11 Å². The van der Waals surface area contributed by atoms with Gasteiger partial charge in [-0.15, -0.1) is 0 Å². The molecule has 3 N–H and O–H groups in total. The van der Waals surface area contributed by atoms with E-state index in [1.807, 2.05) is 12.1 Å². The van der Waals surface area contributed by atoms with Crippen molar-refractivity contribution in [1.82, 2.24) is 5.32 Å². The van der Waals surface area contributed by atoms with Crippen LogP contribution in [0, 0.1) is 0 Å². The van der Waals surface area contributed by atoms with Gasteiger partial charge in [-0.05, 0) is 56.2 Å². The maximum absolute atomic E-state index is 11.9. The number of nitrogens with two attached hydrogens (primary N) is 1. The number of rotatable bonds is 6. The Morgan fingerprint density at radius 1 is 1.24 bits per heavy atom. The van der Waals surface area contributed by atoms with E-state index < -0.39 is 0 Å². The molecular weight excluding hydrogens is 264 g/mol. The van der Waals surface area contributed by atoms with Gasteiger partial charge < -0.3 is 15.8 Å². The Balaban J connectivity index is 1.64. The Morgan fingerprint density at radius 3 is 2.52 bits per heavy atom. The first kappa shape index (κ1) is 15.8. The Hall–Kier alpha value is -1.55. The molecule has 0 aliphatic heterocycles. The second kappa shape index (κ2) is 8.03. The van der Waals surface area contributed by atoms with Crippen molar-refractivity contribution in [3.05, 3.63) is 29.8 Å². The molecule has 0 radical (unpaired) electrons. The molecule has 1 aromatic rings. The lowest BCUT2D eigenvalue weighted by atomic mass is 9.92. The molecule has 0 atom stereocenters. The standard InChI is InChI=1S/C17H26N2O2/c1-21-16-11-5-13(6-12-16)3-2-4-17(20)19-15-9-7-14(18)8-10-15/h5-6,11-12,14-15H,2-4,7-10,18H2,1H3,(H,19,20). The van der Waals surface area contributed by atoms with Crippen LogP contribution in [-0.4, -0.2) is 25.1 Å². The molecular formula is C17H26N2O2. The molecule has 4 heteroatoms. The SMILES string of the molecule is COc1ccc(CCCC(=O)NC2CCC(N)CC2)cc1. The summed E-state index contributed by atoms with van der Waals surface area (Å²) < 4.78 is 5.13. The highest BCUT2D eigenvalue weighted by atomic mass is 16.5. The zero-order chi connectivity index (χ0) is 15.1.